The van der Waals surface area contributed by atoms with Crippen molar-refractivity contribution in [1.82, 2.24) is 9.88 Å². The molecule has 0 amide bonds. The third-order valence-electron chi connectivity index (χ3n) is 6.94. The summed E-state index contributed by atoms with van der Waals surface area (Å²) in [7, 11) is -1.27. The molecule has 2 aliphatic rings. The highest BCUT2D eigenvalue weighted by molar-refractivity contribution is 7.84. The summed E-state index contributed by atoms with van der Waals surface area (Å²) in [6.45, 7) is 1.31. The molecule has 1 unspecified atom stereocenters. The molecule has 2 N–H and O–H groups in total. The Morgan fingerprint density at radius 1 is 1.18 bits per heavy atom. The zero-order valence-electron chi connectivity index (χ0n) is 18.6. The predicted octanol–water partition coefficient (Wildman–Crippen LogP) is 5.07. The largest absolute Gasteiger partial charge is 0.459 e. The van der Waals surface area contributed by atoms with Gasteiger partial charge in [-0.3, -0.25) is 9.19 Å². The Balaban J connectivity index is 0.00000274. The molecule has 0 spiro atoms. The number of furan rings is 1. The highest BCUT2D eigenvalue weighted by Crippen LogP contribution is 2.58. The Hall–Kier alpha value is -2.30. The molecule has 0 radical (unpaired) electrons. The molecule has 1 aliphatic heterocycles. The number of nitrogens with zero attached hydrogens (tertiary/aromatic N) is 2. The fourth-order valence-corrected chi connectivity index (χ4v) is 5.21. The molecule has 1 saturated heterocycles. The van der Waals surface area contributed by atoms with Gasteiger partial charge in [-0.1, -0.05) is 0 Å². The van der Waals surface area contributed by atoms with E-state index < -0.39 is 28.2 Å². The van der Waals surface area contributed by atoms with Crippen LogP contribution in [0.1, 0.15) is 37.4 Å². The smallest absolute Gasteiger partial charge is 0.395 e. The van der Waals surface area contributed by atoms with Gasteiger partial charge in [-0.25, -0.2) is 4.39 Å². The van der Waals surface area contributed by atoms with Crippen molar-refractivity contribution in [1.29, 1.82) is 0 Å². The quantitative estimate of drug-likeness (QED) is 0.461. The predicted molar refractivity (Wildman–Crippen MR) is 121 cm³/mol. The maximum Gasteiger partial charge on any atom is 0.395 e. The average Bonchev–Trinajstić information content (AvgIpc) is 3.44. The molecule has 2 aromatic heterocycles. The van der Waals surface area contributed by atoms with E-state index in [-0.39, 0.29) is 30.8 Å². The SMILES string of the molecule is CS(=O)c1ccc(-c2cc3cc(C4CCN(CC5(C(F)(F)F)CC5)CC4)oc3cn2)c(F)c1.O. The Kier molecular flexibility index (Phi) is 6.61. The number of alkyl halides is 3. The second-order valence-corrected chi connectivity index (χ2v) is 10.6. The maximum absolute atomic E-state index is 14.6. The molecule has 10 heteroatoms. The Labute approximate surface area is 196 Å². The van der Waals surface area contributed by atoms with Crippen LogP contribution in [0, 0.1) is 11.2 Å². The molecular formula is C24H26F4N2O3S. The number of likely N-dealkylation sites (tertiary alicyclic amines) is 1. The molecule has 3 heterocycles. The summed E-state index contributed by atoms with van der Waals surface area (Å²) in [5, 5.41) is 0.800. The highest BCUT2D eigenvalue weighted by Gasteiger charge is 2.63. The number of hydrogen-bond acceptors (Lipinski definition) is 4. The van der Waals surface area contributed by atoms with Crippen LogP contribution in [-0.2, 0) is 10.8 Å². The van der Waals surface area contributed by atoms with Gasteiger partial charge in [-0.2, -0.15) is 13.2 Å². The van der Waals surface area contributed by atoms with Crippen LogP contribution < -0.4 is 0 Å². The zero-order valence-corrected chi connectivity index (χ0v) is 19.4. The minimum atomic E-state index is -4.12. The van der Waals surface area contributed by atoms with Crippen molar-refractivity contribution in [3.63, 3.8) is 0 Å². The van der Waals surface area contributed by atoms with Gasteiger partial charge < -0.3 is 14.8 Å². The lowest BCUT2D eigenvalue weighted by Crippen LogP contribution is -2.42. The molecule has 1 atom stereocenters. The zero-order chi connectivity index (χ0) is 23.4. The van der Waals surface area contributed by atoms with E-state index >= 15 is 0 Å². The van der Waals surface area contributed by atoms with Crippen LogP contribution in [0.15, 0.2) is 45.8 Å². The summed E-state index contributed by atoms with van der Waals surface area (Å²) in [6.07, 6.45) is 0.868. The van der Waals surface area contributed by atoms with Gasteiger partial charge in [-0.05, 0) is 69.1 Å². The second-order valence-electron chi connectivity index (χ2n) is 9.18. The van der Waals surface area contributed by atoms with Crippen LogP contribution in [0.5, 0.6) is 0 Å². The second kappa shape index (κ2) is 9.05. The van der Waals surface area contributed by atoms with Crippen molar-refractivity contribution in [3.8, 4) is 11.3 Å². The molecule has 1 saturated carbocycles. The molecule has 184 valence electrons. The van der Waals surface area contributed by atoms with Crippen molar-refractivity contribution in [2.24, 2.45) is 5.41 Å². The van der Waals surface area contributed by atoms with E-state index in [0.717, 1.165) is 24.0 Å². The van der Waals surface area contributed by atoms with Gasteiger partial charge in [0.05, 0.1) is 17.3 Å². The lowest BCUT2D eigenvalue weighted by Gasteiger charge is -2.34. The molecule has 3 aromatic rings. The Morgan fingerprint density at radius 3 is 2.47 bits per heavy atom. The van der Waals surface area contributed by atoms with Crippen molar-refractivity contribution in [2.75, 3.05) is 25.9 Å². The van der Waals surface area contributed by atoms with Crippen molar-refractivity contribution in [3.05, 3.63) is 48.1 Å². The normalized spacial score (nSPS) is 19.7. The van der Waals surface area contributed by atoms with Crippen molar-refractivity contribution < 1.29 is 31.7 Å². The van der Waals surface area contributed by atoms with Gasteiger partial charge in [0.15, 0.2) is 5.58 Å². The standard InChI is InChI=1S/C24H24F4N2O2S.H2O/c1-33(31)17-2-3-18(19(25)12-17)20-10-16-11-21(32-22(16)13-29-20)15-4-8-30(9-5-15)14-23(6-7-23)24(26,27)28;/h2-3,10-13,15H,4-9,14H2,1H3;1H2. The van der Waals surface area contributed by atoms with E-state index in [0.29, 0.717) is 34.8 Å². The number of fused-ring (bicyclic) bond motifs is 1. The number of benzene rings is 1. The summed E-state index contributed by atoms with van der Waals surface area (Å²) >= 11 is 0. The maximum atomic E-state index is 14.6. The summed E-state index contributed by atoms with van der Waals surface area (Å²) in [5.74, 6) is 0.435. The number of piperidine rings is 1. The van der Waals surface area contributed by atoms with E-state index in [1.807, 2.05) is 11.0 Å². The van der Waals surface area contributed by atoms with Crippen LogP contribution in [0.25, 0.3) is 22.2 Å². The minimum absolute atomic E-state index is 0. The Bertz CT molecular complexity index is 1210. The molecule has 2 fully saturated rings. The first-order valence-electron chi connectivity index (χ1n) is 11.0. The van der Waals surface area contributed by atoms with Crippen LogP contribution in [0.2, 0.25) is 0 Å². The van der Waals surface area contributed by atoms with Gasteiger partial charge in [0.25, 0.3) is 0 Å². The molecule has 34 heavy (non-hydrogen) atoms. The lowest BCUT2D eigenvalue weighted by molar-refractivity contribution is -0.192. The number of rotatable bonds is 5. The molecule has 5 nitrogen and oxygen atoms in total. The fourth-order valence-electron chi connectivity index (χ4n) is 4.68. The molecule has 0 bridgehead atoms. The molecule has 1 aromatic carbocycles. The van der Waals surface area contributed by atoms with E-state index in [9.17, 15) is 21.8 Å². The van der Waals surface area contributed by atoms with Gasteiger partial charge in [0, 0.05) is 45.4 Å². The molecule has 5 rings (SSSR count). The minimum Gasteiger partial charge on any atom is -0.459 e. The van der Waals surface area contributed by atoms with Crippen LogP contribution in [0.4, 0.5) is 17.6 Å². The number of halogens is 4. The van der Waals surface area contributed by atoms with Crippen molar-refractivity contribution in [2.45, 2.75) is 42.7 Å². The van der Waals surface area contributed by atoms with E-state index in [2.05, 4.69) is 4.98 Å². The molecular weight excluding hydrogens is 472 g/mol. The fraction of sp³-hybridized carbons (Fsp3) is 0.458. The number of aromatic nitrogens is 1. The van der Waals surface area contributed by atoms with Gasteiger partial charge in [0.1, 0.15) is 11.6 Å². The first-order chi connectivity index (χ1) is 15.6. The topological polar surface area (TPSA) is 77.8 Å². The van der Waals surface area contributed by atoms with E-state index in [1.165, 1.54) is 12.3 Å². The summed E-state index contributed by atoms with van der Waals surface area (Å²) in [5.41, 5.74) is -0.129. The van der Waals surface area contributed by atoms with E-state index in [1.54, 1.807) is 24.4 Å². The monoisotopic (exact) mass is 498 g/mol. The summed E-state index contributed by atoms with van der Waals surface area (Å²) in [6, 6.07) is 8.14. The average molecular weight is 499 g/mol. The lowest BCUT2D eigenvalue weighted by atomic mass is 9.93. The number of hydrogen-bond donors (Lipinski definition) is 0. The van der Waals surface area contributed by atoms with Crippen LogP contribution >= 0.6 is 0 Å². The van der Waals surface area contributed by atoms with Gasteiger partial charge >= 0.3 is 6.18 Å². The van der Waals surface area contributed by atoms with Crippen LogP contribution in [0.3, 0.4) is 0 Å². The first kappa shape index (κ1) is 24.8. The van der Waals surface area contributed by atoms with Gasteiger partial charge in [-0.15, -0.1) is 0 Å². The Morgan fingerprint density at radius 2 is 1.88 bits per heavy atom. The highest BCUT2D eigenvalue weighted by atomic mass is 32.2. The van der Waals surface area contributed by atoms with Crippen LogP contribution in [-0.4, -0.2) is 51.6 Å². The third-order valence-corrected chi connectivity index (χ3v) is 7.86. The summed E-state index contributed by atoms with van der Waals surface area (Å²) in [4.78, 5) is 6.67. The third kappa shape index (κ3) is 4.63. The van der Waals surface area contributed by atoms with Crippen molar-refractivity contribution >= 4 is 21.8 Å². The van der Waals surface area contributed by atoms with E-state index in [4.69, 9.17) is 4.42 Å². The first-order valence-corrected chi connectivity index (χ1v) is 12.5. The molecule has 1 aliphatic carbocycles. The number of pyridine rings is 1. The summed E-state index contributed by atoms with van der Waals surface area (Å²) < 4.78 is 71.9. The van der Waals surface area contributed by atoms with Gasteiger partial charge in [0.2, 0.25) is 0 Å².